The van der Waals surface area contributed by atoms with Gasteiger partial charge in [0.2, 0.25) is 5.88 Å². The van der Waals surface area contributed by atoms with Gasteiger partial charge < -0.3 is 25.3 Å². The highest BCUT2D eigenvalue weighted by atomic mass is 32.1. The number of pyridine rings is 1. The molecule has 37 heavy (non-hydrogen) atoms. The number of carbonyl (C=O) groups is 1. The molecule has 1 fully saturated rings. The molecule has 1 aromatic carbocycles. The van der Waals surface area contributed by atoms with Crippen molar-refractivity contribution in [1.29, 1.82) is 0 Å². The fraction of sp³-hybridized carbons (Fsp3) is 0.217. The van der Waals surface area contributed by atoms with Crippen molar-refractivity contribution in [3.8, 4) is 11.6 Å². The number of amides is 1. The molecule has 0 aliphatic carbocycles. The number of aromatic amines is 1. The minimum absolute atomic E-state index is 0.0797. The standard InChI is InChI=1S/C23H20N8O5S/c1-35-15-10-11(4-6-25-15)31-7-5-14(28-31)30-8-9-36-18(23(30)34)17(32)21-26-13-3-2-12-19(37-29-20(12)24)16(13)22(33)27-21/h2-7,10,17-18,32H,8-9H2,1H3,(H2,24,29)(H,26,27,33)/t17-,18?/m1/s1. The lowest BCUT2D eigenvalue weighted by Crippen LogP contribution is -2.50. The quantitative estimate of drug-likeness (QED) is 0.305. The average Bonchev–Trinajstić information content (AvgIpc) is 3.55. The molecule has 0 spiro atoms. The summed E-state index contributed by atoms with van der Waals surface area (Å²) < 4.78 is 17.1. The van der Waals surface area contributed by atoms with Crippen molar-refractivity contribution in [2.24, 2.45) is 0 Å². The number of fused-ring (bicyclic) bond motifs is 3. The number of hydrogen-bond donors (Lipinski definition) is 3. The van der Waals surface area contributed by atoms with Gasteiger partial charge in [-0.05, 0) is 29.7 Å². The third-order valence-corrected chi connectivity index (χ3v) is 6.98. The number of hydrogen-bond acceptors (Lipinski definition) is 11. The molecule has 2 atom stereocenters. The number of nitrogen functional groups attached to an aromatic ring is 1. The SMILES string of the molecule is COc1cc(-n2ccc(N3CCOC([C@@H](O)c4nc5ccc6c(N)nsc6c5c(=O)[nH]4)C3=O)n2)ccn1. The maximum Gasteiger partial charge on any atom is 0.260 e. The first kappa shape index (κ1) is 23.0. The van der Waals surface area contributed by atoms with Crippen molar-refractivity contribution in [1.82, 2.24) is 29.1 Å². The number of benzene rings is 1. The molecule has 14 heteroatoms. The molecule has 5 heterocycles. The van der Waals surface area contributed by atoms with E-state index in [4.69, 9.17) is 15.2 Å². The Morgan fingerprint density at radius 2 is 2.16 bits per heavy atom. The monoisotopic (exact) mass is 520 g/mol. The van der Waals surface area contributed by atoms with Gasteiger partial charge in [0.05, 0.1) is 41.6 Å². The maximum atomic E-state index is 13.3. The second-order valence-corrected chi connectivity index (χ2v) is 9.03. The molecule has 1 unspecified atom stereocenters. The Balaban J connectivity index is 1.29. The topological polar surface area (TPSA) is 174 Å². The lowest BCUT2D eigenvalue weighted by atomic mass is 10.1. The predicted molar refractivity (Wildman–Crippen MR) is 135 cm³/mol. The lowest BCUT2D eigenvalue weighted by molar-refractivity contribution is -0.143. The highest BCUT2D eigenvalue weighted by Crippen LogP contribution is 2.30. The van der Waals surface area contributed by atoms with Crippen molar-refractivity contribution in [2.75, 3.05) is 30.9 Å². The lowest BCUT2D eigenvalue weighted by Gasteiger charge is -2.32. The maximum absolute atomic E-state index is 13.3. The van der Waals surface area contributed by atoms with Gasteiger partial charge in [0.25, 0.3) is 11.5 Å². The van der Waals surface area contributed by atoms with Gasteiger partial charge in [0.1, 0.15) is 17.7 Å². The van der Waals surface area contributed by atoms with Crippen LogP contribution in [0.1, 0.15) is 11.9 Å². The first-order chi connectivity index (χ1) is 17.9. The van der Waals surface area contributed by atoms with Gasteiger partial charge in [-0.3, -0.25) is 14.5 Å². The zero-order valence-corrected chi connectivity index (χ0v) is 20.2. The summed E-state index contributed by atoms with van der Waals surface area (Å²) >= 11 is 1.10. The third kappa shape index (κ3) is 3.87. The molecule has 188 valence electrons. The summed E-state index contributed by atoms with van der Waals surface area (Å²) in [6.45, 7) is 0.396. The number of H-pyrrole nitrogens is 1. The Kier molecular flexibility index (Phi) is 5.55. The number of carbonyl (C=O) groups excluding carboxylic acids is 1. The number of aromatic nitrogens is 6. The summed E-state index contributed by atoms with van der Waals surface area (Å²) in [6.07, 6.45) is 0.492. The van der Waals surface area contributed by atoms with Gasteiger partial charge in [-0.1, -0.05) is 0 Å². The fourth-order valence-electron chi connectivity index (χ4n) is 4.26. The summed E-state index contributed by atoms with van der Waals surface area (Å²) in [6, 6.07) is 8.49. The Bertz CT molecular complexity index is 1710. The first-order valence-corrected chi connectivity index (χ1v) is 12.0. The molecule has 0 radical (unpaired) electrons. The summed E-state index contributed by atoms with van der Waals surface area (Å²) in [4.78, 5) is 38.8. The van der Waals surface area contributed by atoms with E-state index in [0.29, 0.717) is 44.2 Å². The number of nitrogens with one attached hydrogen (secondary N) is 1. The third-order valence-electron chi connectivity index (χ3n) is 6.09. The van der Waals surface area contributed by atoms with E-state index in [1.54, 1.807) is 47.4 Å². The summed E-state index contributed by atoms with van der Waals surface area (Å²) in [5.41, 5.74) is 6.44. The highest BCUT2D eigenvalue weighted by Gasteiger charge is 2.38. The van der Waals surface area contributed by atoms with Crippen molar-refractivity contribution < 1.29 is 19.4 Å². The first-order valence-electron chi connectivity index (χ1n) is 11.2. The Morgan fingerprint density at radius 1 is 1.30 bits per heavy atom. The predicted octanol–water partition coefficient (Wildman–Crippen LogP) is 1.17. The number of nitrogens with two attached hydrogens (primary N) is 1. The van der Waals surface area contributed by atoms with Crippen LogP contribution in [0.25, 0.3) is 26.7 Å². The Labute approximate surface area is 212 Å². The molecule has 1 amide bonds. The molecule has 1 saturated heterocycles. The van der Waals surface area contributed by atoms with Gasteiger partial charge in [0, 0.05) is 29.9 Å². The van der Waals surface area contributed by atoms with Crippen LogP contribution in [0, 0.1) is 0 Å². The van der Waals surface area contributed by atoms with E-state index < -0.39 is 23.7 Å². The molecule has 1 aliphatic rings. The van der Waals surface area contributed by atoms with Gasteiger partial charge in [-0.2, -0.15) is 4.37 Å². The van der Waals surface area contributed by atoms with E-state index >= 15 is 0 Å². The number of aliphatic hydroxyl groups excluding tert-OH is 1. The second kappa shape index (κ2) is 8.92. The second-order valence-electron chi connectivity index (χ2n) is 8.26. The summed E-state index contributed by atoms with van der Waals surface area (Å²) in [7, 11) is 1.52. The van der Waals surface area contributed by atoms with Crippen molar-refractivity contribution >= 4 is 50.1 Å². The van der Waals surface area contributed by atoms with Gasteiger partial charge in [-0.15, -0.1) is 5.10 Å². The van der Waals surface area contributed by atoms with Crippen LogP contribution in [0.3, 0.4) is 0 Å². The van der Waals surface area contributed by atoms with Gasteiger partial charge in [-0.25, -0.2) is 14.6 Å². The summed E-state index contributed by atoms with van der Waals surface area (Å²) in [5, 5.41) is 16.5. The normalized spacial score (nSPS) is 17.0. The van der Waals surface area contributed by atoms with Crippen molar-refractivity contribution in [3.63, 3.8) is 0 Å². The highest BCUT2D eigenvalue weighted by molar-refractivity contribution is 7.14. The molecule has 4 N–H and O–H groups in total. The smallest absolute Gasteiger partial charge is 0.260 e. The molecular formula is C23H20N8O5S. The Hall–Kier alpha value is -4.40. The van der Waals surface area contributed by atoms with E-state index in [9.17, 15) is 14.7 Å². The van der Waals surface area contributed by atoms with Crippen molar-refractivity contribution in [2.45, 2.75) is 12.2 Å². The molecule has 0 bridgehead atoms. The Morgan fingerprint density at radius 3 is 3.00 bits per heavy atom. The largest absolute Gasteiger partial charge is 0.481 e. The van der Waals surface area contributed by atoms with Crippen LogP contribution in [0.2, 0.25) is 0 Å². The van der Waals surface area contributed by atoms with Crippen LogP contribution in [-0.4, -0.2) is 66.5 Å². The number of morpholine rings is 1. The van der Waals surface area contributed by atoms with E-state index in [1.165, 1.54) is 12.0 Å². The van der Waals surface area contributed by atoms with E-state index in [0.717, 1.165) is 11.5 Å². The molecule has 13 nitrogen and oxygen atoms in total. The average molecular weight is 521 g/mol. The van der Waals surface area contributed by atoms with Crippen LogP contribution in [0.4, 0.5) is 11.6 Å². The molecule has 5 aromatic rings. The van der Waals surface area contributed by atoms with E-state index in [2.05, 4.69) is 24.4 Å². The number of rotatable bonds is 5. The van der Waals surface area contributed by atoms with E-state index in [1.807, 2.05) is 0 Å². The molecule has 0 saturated carbocycles. The zero-order valence-electron chi connectivity index (χ0n) is 19.4. The van der Waals surface area contributed by atoms with E-state index in [-0.39, 0.29) is 19.0 Å². The molecule has 1 aliphatic heterocycles. The van der Waals surface area contributed by atoms with Crippen molar-refractivity contribution in [3.05, 3.63) is 58.9 Å². The van der Waals surface area contributed by atoms with Crippen LogP contribution >= 0.6 is 11.5 Å². The number of nitrogens with zero attached hydrogens (tertiary/aromatic N) is 6. The minimum Gasteiger partial charge on any atom is -0.481 e. The summed E-state index contributed by atoms with van der Waals surface area (Å²) in [5.74, 6) is 0.550. The van der Waals surface area contributed by atoms with Crippen LogP contribution in [-0.2, 0) is 9.53 Å². The molecule has 6 rings (SSSR count). The van der Waals surface area contributed by atoms with Gasteiger partial charge in [0.15, 0.2) is 11.9 Å². The van der Waals surface area contributed by atoms with Crippen LogP contribution in [0.5, 0.6) is 5.88 Å². The van der Waals surface area contributed by atoms with Crippen LogP contribution in [0.15, 0.2) is 47.5 Å². The molecular weight excluding hydrogens is 500 g/mol. The zero-order chi connectivity index (χ0) is 25.7. The number of methoxy groups -OCH3 is 1. The van der Waals surface area contributed by atoms with Gasteiger partial charge >= 0.3 is 0 Å². The number of ether oxygens (including phenoxy) is 2. The number of aliphatic hydroxyl groups is 1. The minimum atomic E-state index is -1.51. The van der Waals surface area contributed by atoms with Crippen LogP contribution < -0.4 is 20.9 Å². The number of anilines is 2. The molecule has 4 aromatic heterocycles. The fourth-order valence-corrected chi connectivity index (χ4v) is 5.11.